The van der Waals surface area contributed by atoms with Crippen LogP contribution in [0.2, 0.25) is 0 Å². The van der Waals surface area contributed by atoms with Crippen molar-refractivity contribution in [2.45, 2.75) is 85.1 Å². The van der Waals surface area contributed by atoms with Gasteiger partial charge in [-0.3, -0.25) is 0 Å². The molecule has 0 atom stereocenters. The van der Waals surface area contributed by atoms with Gasteiger partial charge in [-0.05, 0) is 13.3 Å². The summed E-state index contributed by atoms with van der Waals surface area (Å²) in [6, 6.07) is 6.43. The Kier molecular flexibility index (Phi) is 13.6. The predicted octanol–water partition coefficient (Wildman–Crippen LogP) is 3.57. The molecule has 0 amide bonds. The number of unbranched alkanes of at least 4 members (excludes halogenated alkanes) is 8. The standard InChI is InChI=1S/C17H30N.C2H4O2/c1-3-4-5-6-7-8-9-10-12-15-18-16-13-11-14-17(18)2;1-2(3)4/h11,13-14,16H,3-10,12,15H2,1-2H3;1H3,(H,3,4)/q+1;/p-1. The van der Waals surface area contributed by atoms with E-state index >= 15 is 0 Å². The second-order valence-electron chi connectivity index (χ2n) is 5.86. The molecule has 0 aromatic carbocycles. The monoisotopic (exact) mass is 307 g/mol. The number of rotatable bonds is 10. The summed E-state index contributed by atoms with van der Waals surface area (Å²) in [5.41, 5.74) is 1.37. The zero-order valence-electron chi connectivity index (χ0n) is 14.6. The number of carbonyl (C=O) groups is 1. The van der Waals surface area contributed by atoms with Gasteiger partial charge in [0.2, 0.25) is 0 Å². The zero-order chi connectivity index (χ0) is 16.6. The molecule has 0 N–H and O–H groups in total. The fraction of sp³-hybridized carbons (Fsp3) is 0.684. The van der Waals surface area contributed by atoms with Crippen molar-refractivity contribution in [1.82, 2.24) is 0 Å². The number of nitrogens with zero attached hydrogens (tertiary/aromatic N) is 1. The molecule has 0 bridgehead atoms. The third-order valence-electron chi connectivity index (χ3n) is 3.67. The van der Waals surface area contributed by atoms with Crippen LogP contribution in [0.3, 0.4) is 0 Å². The minimum absolute atomic E-state index is 0.972. The van der Waals surface area contributed by atoms with Crippen LogP contribution in [0.25, 0.3) is 0 Å². The molecule has 1 aromatic rings. The molecule has 3 nitrogen and oxygen atoms in total. The molecule has 0 saturated heterocycles. The Morgan fingerprint density at radius 1 is 1.00 bits per heavy atom. The van der Waals surface area contributed by atoms with E-state index in [4.69, 9.17) is 9.90 Å². The Morgan fingerprint density at radius 3 is 2.00 bits per heavy atom. The highest BCUT2D eigenvalue weighted by atomic mass is 16.4. The van der Waals surface area contributed by atoms with Gasteiger partial charge in [0.05, 0.1) is 0 Å². The van der Waals surface area contributed by atoms with Crippen molar-refractivity contribution in [3.05, 3.63) is 30.1 Å². The zero-order valence-corrected chi connectivity index (χ0v) is 14.6. The summed E-state index contributed by atoms with van der Waals surface area (Å²) in [5.74, 6) is -1.08. The van der Waals surface area contributed by atoms with Crippen LogP contribution < -0.4 is 9.67 Å². The van der Waals surface area contributed by atoms with Gasteiger partial charge in [0, 0.05) is 31.4 Å². The van der Waals surface area contributed by atoms with E-state index in [1.165, 1.54) is 70.0 Å². The normalized spacial score (nSPS) is 9.95. The fourth-order valence-electron chi connectivity index (χ4n) is 2.41. The average Bonchev–Trinajstić information content (AvgIpc) is 2.47. The van der Waals surface area contributed by atoms with Crippen molar-refractivity contribution in [1.29, 1.82) is 0 Å². The van der Waals surface area contributed by atoms with E-state index in [1.807, 2.05) is 0 Å². The Hall–Kier alpha value is -1.38. The van der Waals surface area contributed by atoms with Gasteiger partial charge in [-0.1, -0.05) is 57.9 Å². The molecule has 1 heterocycles. The van der Waals surface area contributed by atoms with Crippen LogP contribution in [0.1, 0.15) is 77.3 Å². The van der Waals surface area contributed by atoms with Crippen LogP contribution in [-0.4, -0.2) is 5.97 Å². The molecule has 0 aliphatic heterocycles. The van der Waals surface area contributed by atoms with Crippen molar-refractivity contribution in [3.8, 4) is 0 Å². The molecule has 1 aromatic heterocycles. The SMILES string of the molecule is CC(=O)[O-].CCCCCCCCCCC[n+]1ccccc1C. The Morgan fingerprint density at radius 2 is 1.50 bits per heavy atom. The summed E-state index contributed by atoms with van der Waals surface area (Å²) in [6.45, 7) is 6.62. The van der Waals surface area contributed by atoms with Gasteiger partial charge in [-0.2, -0.15) is 0 Å². The molecular weight excluding hydrogens is 274 g/mol. The molecule has 0 saturated carbocycles. The first kappa shape index (κ1) is 20.6. The molecule has 0 spiro atoms. The molecular formula is C19H33NO2. The highest BCUT2D eigenvalue weighted by Crippen LogP contribution is 2.09. The molecule has 126 valence electrons. The van der Waals surface area contributed by atoms with Gasteiger partial charge in [0.15, 0.2) is 11.9 Å². The largest absolute Gasteiger partial charge is 0.550 e. The lowest BCUT2D eigenvalue weighted by Crippen LogP contribution is -2.36. The van der Waals surface area contributed by atoms with Gasteiger partial charge in [0.1, 0.15) is 6.54 Å². The quantitative estimate of drug-likeness (QED) is 0.490. The molecule has 3 heteroatoms. The number of carboxylic acids is 1. The van der Waals surface area contributed by atoms with Crippen LogP contribution >= 0.6 is 0 Å². The lowest BCUT2D eigenvalue weighted by molar-refractivity contribution is -0.703. The number of aliphatic carboxylic acids is 1. The third-order valence-corrected chi connectivity index (χ3v) is 3.67. The van der Waals surface area contributed by atoms with E-state index in [0.717, 1.165) is 6.92 Å². The van der Waals surface area contributed by atoms with Gasteiger partial charge in [-0.25, -0.2) is 4.57 Å². The van der Waals surface area contributed by atoms with E-state index in [1.54, 1.807) is 0 Å². The lowest BCUT2D eigenvalue weighted by atomic mass is 10.1. The smallest absolute Gasteiger partial charge is 0.178 e. The molecule has 1 rings (SSSR count). The number of pyridine rings is 1. The van der Waals surface area contributed by atoms with E-state index < -0.39 is 5.97 Å². The number of hydrogen-bond acceptors (Lipinski definition) is 2. The molecule has 22 heavy (non-hydrogen) atoms. The maximum atomic E-state index is 8.89. The molecule has 0 aliphatic rings. The van der Waals surface area contributed by atoms with Crippen LogP contribution in [0, 0.1) is 6.92 Å². The minimum atomic E-state index is -1.08. The third kappa shape index (κ3) is 13.6. The topological polar surface area (TPSA) is 44.0 Å². The lowest BCUT2D eigenvalue weighted by Gasteiger charge is -2.02. The van der Waals surface area contributed by atoms with Crippen LogP contribution in [0.15, 0.2) is 24.4 Å². The van der Waals surface area contributed by atoms with Crippen LogP contribution in [0.5, 0.6) is 0 Å². The summed E-state index contributed by atoms with van der Waals surface area (Å²) in [7, 11) is 0. The summed E-state index contributed by atoms with van der Waals surface area (Å²) in [6.07, 6.45) is 14.9. The predicted molar refractivity (Wildman–Crippen MR) is 89.3 cm³/mol. The van der Waals surface area contributed by atoms with Gasteiger partial charge in [0.25, 0.3) is 0 Å². The minimum Gasteiger partial charge on any atom is -0.550 e. The number of aromatic nitrogens is 1. The van der Waals surface area contributed by atoms with Gasteiger partial charge in [-0.15, -0.1) is 0 Å². The maximum Gasteiger partial charge on any atom is 0.178 e. The van der Waals surface area contributed by atoms with Crippen LogP contribution in [0.4, 0.5) is 0 Å². The first-order valence-electron chi connectivity index (χ1n) is 8.70. The number of aryl methyl sites for hydroxylation is 2. The van der Waals surface area contributed by atoms with E-state index in [0.29, 0.717) is 0 Å². The molecule has 0 aliphatic carbocycles. The highest BCUT2D eigenvalue weighted by molar-refractivity contribution is 5.60. The Balaban J connectivity index is 0.000000980. The average molecular weight is 307 g/mol. The van der Waals surface area contributed by atoms with E-state index in [-0.39, 0.29) is 0 Å². The first-order chi connectivity index (χ1) is 10.6. The number of hydrogen-bond donors (Lipinski definition) is 0. The Labute approximate surface area is 136 Å². The summed E-state index contributed by atoms with van der Waals surface area (Å²) in [5, 5.41) is 8.89. The Bertz CT molecular complexity index is 387. The van der Waals surface area contributed by atoms with Crippen molar-refractivity contribution in [3.63, 3.8) is 0 Å². The second kappa shape index (κ2) is 14.6. The summed E-state index contributed by atoms with van der Waals surface area (Å²) >= 11 is 0. The summed E-state index contributed by atoms with van der Waals surface area (Å²) in [4.78, 5) is 8.89. The fourth-order valence-corrected chi connectivity index (χ4v) is 2.41. The van der Waals surface area contributed by atoms with Crippen molar-refractivity contribution < 1.29 is 14.5 Å². The van der Waals surface area contributed by atoms with E-state index in [2.05, 4.69) is 42.8 Å². The second-order valence-corrected chi connectivity index (χ2v) is 5.86. The van der Waals surface area contributed by atoms with E-state index in [9.17, 15) is 0 Å². The highest BCUT2D eigenvalue weighted by Gasteiger charge is 2.02. The molecule has 0 unspecified atom stereocenters. The summed E-state index contributed by atoms with van der Waals surface area (Å²) < 4.78 is 2.36. The molecule has 0 fully saturated rings. The first-order valence-corrected chi connectivity index (χ1v) is 8.70. The van der Waals surface area contributed by atoms with Crippen molar-refractivity contribution in [2.24, 2.45) is 0 Å². The number of carbonyl (C=O) groups excluding carboxylic acids is 1. The van der Waals surface area contributed by atoms with Gasteiger partial charge >= 0.3 is 0 Å². The van der Waals surface area contributed by atoms with Crippen molar-refractivity contribution >= 4 is 5.97 Å². The molecule has 0 radical (unpaired) electrons. The number of carboxylic acid groups (broad SMARTS) is 1. The van der Waals surface area contributed by atoms with Gasteiger partial charge < -0.3 is 9.90 Å². The van der Waals surface area contributed by atoms with Crippen molar-refractivity contribution in [2.75, 3.05) is 0 Å². The van der Waals surface area contributed by atoms with Crippen LogP contribution in [-0.2, 0) is 11.3 Å². The maximum absolute atomic E-state index is 8.89.